The van der Waals surface area contributed by atoms with Crippen LogP contribution in [0.5, 0.6) is 0 Å². The van der Waals surface area contributed by atoms with Crippen LogP contribution in [0.1, 0.15) is 39.0 Å². The van der Waals surface area contributed by atoms with E-state index in [9.17, 15) is 14.4 Å². The second-order valence-corrected chi connectivity index (χ2v) is 7.63. The molecule has 0 unspecified atom stereocenters. The van der Waals surface area contributed by atoms with Crippen LogP contribution in [0.3, 0.4) is 0 Å². The van der Waals surface area contributed by atoms with E-state index in [1.165, 1.54) is 4.57 Å². The van der Waals surface area contributed by atoms with Crippen LogP contribution in [0.4, 0.5) is 5.82 Å². The summed E-state index contributed by atoms with van der Waals surface area (Å²) in [7, 11) is 0. The fourth-order valence-electron chi connectivity index (χ4n) is 3.34. The van der Waals surface area contributed by atoms with Gasteiger partial charge in [0.05, 0.1) is 10.9 Å². The zero-order valence-corrected chi connectivity index (χ0v) is 16.4. The first-order valence-electron chi connectivity index (χ1n) is 10.1. The van der Waals surface area contributed by atoms with Crippen molar-refractivity contribution in [1.29, 1.82) is 0 Å². The summed E-state index contributed by atoms with van der Waals surface area (Å²) in [5.41, 5.74) is 1.58. The Hall–Kier alpha value is -3.22. The minimum atomic E-state index is -0.355. The molecule has 2 heterocycles. The molecule has 1 aliphatic rings. The van der Waals surface area contributed by atoms with Crippen molar-refractivity contribution in [2.24, 2.45) is 5.92 Å². The minimum Gasteiger partial charge on any atom is -0.311 e. The molecule has 150 valence electrons. The van der Waals surface area contributed by atoms with Gasteiger partial charge in [0, 0.05) is 24.7 Å². The van der Waals surface area contributed by atoms with Gasteiger partial charge in [-0.15, -0.1) is 0 Å². The van der Waals surface area contributed by atoms with E-state index in [0.717, 1.165) is 36.8 Å². The Morgan fingerprint density at radius 1 is 1.21 bits per heavy atom. The van der Waals surface area contributed by atoms with Gasteiger partial charge in [-0.3, -0.25) is 14.2 Å². The Morgan fingerprint density at radius 2 is 2.00 bits per heavy atom. The summed E-state index contributed by atoms with van der Waals surface area (Å²) in [5.74, 6) is 0.892. The van der Waals surface area contributed by atoms with Crippen molar-refractivity contribution >= 4 is 22.6 Å². The number of amides is 1. The van der Waals surface area contributed by atoms with Crippen LogP contribution in [0.2, 0.25) is 0 Å². The Kier molecular flexibility index (Phi) is 5.29. The van der Waals surface area contributed by atoms with Crippen LogP contribution in [0, 0.1) is 5.92 Å². The van der Waals surface area contributed by atoms with Gasteiger partial charge in [-0.1, -0.05) is 19.4 Å². The molecule has 4 rings (SSSR count). The lowest BCUT2D eigenvalue weighted by atomic mass is 10.1. The lowest BCUT2D eigenvalue weighted by molar-refractivity contribution is -0.116. The minimum absolute atomic E-state index is 0.0435. The first-order valence-corrected chi connectivity index (χ1v) is 10.1. The van der Waals surface area contributed by atoms with Crippen LogP contribution in [-0.2, 0) is 11.3 Å². The van der Waals surface area contributed by atoms with E-state index in [2.05, 4.69) is 15.3 Å². The van der Waals surface area contributed by atoms with Crippen LogP contribution in [0.15, 0.2) is 46.1 Å². The molecule has 2 N–H and O–H groups in total. The normalized spacial score (nSPS) is 13.6. The monoisotopic (exact) mass is 392 g/mol. The van der Waals surface area contributed by atoms with Crippen molar-refractivity contribution in [3.05, 3.63) is 57.4 Å². The van der Waals surface area contributed by atoms with Gasteiger partial charge in [0.15, 0.2) is 0 Å². The SMILES string of the molecule is CCCCC(=O)Nc1ccc(-c2ccc3[nH]c(=O)n(CC4CC4)c(=O)c3c2)cn1. The summed E-state index contributed by atoms with van der Waals surface area (Å²) in [5, 5.41) is 3.27. The third kappa shape index (κ3) is 4.29. The van der Waals surface area contributed by atoms with Gasteiger partial charge in [0.1, 0.15) is 5.82 Å². The zero-order valence-electron chi connectivity index (χ0n) is 16.4. The van der Waals surface area contributed by atoms with Crippen LogP contribution < -0.4 is 16.6 Å². The van der Waals surface area contributed by atoms with E-state index in [0.29, 0.717) is 35.6 Å². The lowest BCUT2D eigenvalue weighted by Gasteiger charge is -2.08. The van der Waals surface area contributed by atoms with E-state index in [-0.39, 0.29) is 17.2 Å². The van der Waals surface area contributed by atoms with Crippen molar-refractivity contribution in [3.8, 4) is 11.1 Å². The van der Waals surface area contributed by atoms with E-state index < -0.39 is 0 Å². The molecule has 0 spiro atoms. The van der Waals surface area contributed by atoms with Crippen molar-refractivity contribution in [1.82, 2.24) is 14.5 Å². The van der Waals surface area contributed by atoms with Gasteiger partial charge < -0.3 is 10.3 Å². The summed E-state index contributed by atoms with van der Waals surface area (Å²) in [6.45, 7) is 2.52. The molecule has 1 fully saturated rings. The molecule has 0 radical (unpaired) electrons. The Labute approximate surface area is 167 Å². The highest BCUT2D eigenvalue weighted by Crippen LogP contribution is 2.30. The Balaban J connectivity index is 1.61. The molecule has 7 nitrogen and oxygen atoms in total. The molecule has 1 aliphatic carbocycles. The highest BCUT2D eigenvalue weighted by atomic mass is 16.2. The van der Waals surface area contributed by atoms with Gasteiger partial charge in [0.25, 0.3) is 5.56 Å². The first kappa shape index (κ1) is 19.1. The molecule has 1 aromatic carbocycles. The molecule has 1 saturated carbocycles. The van der Waals surface area contributed by atoms with E-state index in [1.54, 1.807) is 24.4 Å². The van der Waals surface area contributed by atoms with Crippen molar-refractivity contribution in [2.45, 2.75) is 45.6 Å². The molecule has 0 aliphatic heterocycles. The third-order valence-electron chi connectivity index (χ3n) is 5.24. The Morgan fingerprint density at radius 3 is 2.69 bits per heavy atom. The van der Waals surface area contributed by atoms with E-state index in [1.807, 2.05) is 19.1 Å². The second kappa shape index (κ2) is 8.03. The highest BCUT2D eigenvalue weighted by molar-refractivity contribution is 5.90. The summed E-state index contributed by atoms with van der Waals surface area (Å²) in [4.78, 5) is 44.0. The molecule has 3 aromatic rings. The average molecular weight is 392 g/mol. The maximum Gasteiger partial charge on any atom is 0.328 e. The number of H-pyrrole nitrogens is 1. The van der Waals surface area contributed by atoms with Crippen molar-refractivity contribution < 1.29 is 4.79 Å². The van der Waals surface area contributed by atoms with Gasteiger partial charge in [0.2, 0.25) is 5.91 Å². The summed E-state index contributed by atoms with van der Waals surface area (Å²) in [6, 6.07) is 8.99. The smallest absolute Gasteiger partial charge is 0.311 e. The molecule has 7 heteroatoms. The molecule has 0 bridgehead atoms. The molecule has 1 amide bonds. The topological polar surface area (TPSA) is 96.9 Å². The fraction of sp³-hybridized carbons (Fsp3) is 0.364. The molecule has 0 atom stereocenters. The number of carbonyl (C=O) groups is 1. The Bertz CT molecular complexity index is 1160. The molecule has 29 heavy (non-hydrogen) atoms. The predicted octanol–water partition coefficient (Wildman–Crippen LogP) is 3.29. The number of benzene rings is 1. The molecule has 0 saturated heterocycles. The lowest BCUT2D eigenvalue weighted by Crippen LogP contribution is -2.35. The van der Waals surface area contributed by atoms with Gasteiger partial charge >= 0.3 is 5.69 Å². The number of hydrogen-bond donors (Lipinski definition) is 2. The van der Waals surface area contributed by atoms with Gasteiger partial charge in [-0.05, 0) is 55.0 Å². The number of carbonyl (C=O) groups excluding carboxylic acids is 1. The zero-order chi connectivity index (χ0) is 20.4. The van der Waals surface area contributed by atoms with Crippen LogP contribution in [0.25, 0.3) is 22.0 Å². The van der Waals surface area contributed by atoms with Gasteiger partial charge in [-0.25, -0.2) is 9.78 Å². The number of nitrogens with one attached hydrogen (secondary N) is 2. The second-order valence-electron chi connectivity index (χ2n) is 7.63. The maximum atomic E-state index is 12.8. The standard InChI is InChI=1S/C22H24N4O3/c1-2-3-4-20(27)25-19-10-8-16(12-23-19)15-7-9-18-17(11-15)21(28)26(22(29)24-18)13-14-5-6-14/h7-12,14H,2-6,13H2,1H3,(H,24,29)(H,23,25,27). The first-order chi connectivity index (χ1) is 14.0. The molecular weight excluding hydrogens is 368 g/mol. The highest BCUT2D eigenvalue weighted by Gasteiger charge is 2.23. The number of anilines is 1. The number of pyridine rings is 1. The van der Waals surface area contributed by atoms with Crippen molar-refractivity contribution in [2.75, 3.05) is 5.32 Å². The van der Waals surface area contributed by atoms with Crippen LogP contribution >= 0.6 is 0 Å². The molecular formula is C22H24N4O3. The summed E-state index contributed by atoms with van der Waals surface area (Å²) < 4.78 is 1.30. The fourth-order valence-corrected chi connectivity index (χ4v) is 3.34. The largest absolute Gasteiger partial charge is 0.328 e. The third-order valence-corrected chi connectivity index (χ3v) is 5.24. The number of hydrogen-bond acceptors (Lipinski definition) is 4. The maximum absolute atomic E-state index is 12.8. The number of nitrogens with zero attached hydrogens (tertiary/aromatic N) is 2. The number of unbranched alkanes of at least 4 members (excludes halogenated alkanes) is 1. The van der Waals surface area contributed by atoms with E-state index >= 15 is 0 Å². The quantitative estimate of drug-likeness (QED) is 0.645. The number of aromatic amines is 1. The summed E-state index contributed by atoms with van der Waals surface area (Å²) in [6.07, 6.45) is 6.10. The number of rotatable bonds is 7. The average Bonchev–Trinajstić information content (AvgIpc) is 3.54. The van der Waals surface area contributed by atoms with E-state index in [4.69, 9.17) is 0 Å². The van der Waals surface area contributed by atoms with Gasteiger partial charge in [-0.2, -0.15) is 0 Å². The number of fused-ring (bicyclic) bond motifs is 1. The van der Waals surface area contributed by atoms with Crippen LogP contribution in [-0.4, -0.2) is 20.4 Å². The molecule has 2 aromatic heterocycles. The van der Waals surface area contributed by atoms with Crippen molar-refractivity contribution in [3.63, 3.8) is 0 Å². The number of aromatic nitrogens is 3. The summed E-state index contributed by atoms with van der Waals surface area (Å²) >= 11 is 0. The predicted molar refractivity (Wildman–Crippen MR) is 113 cm³/mol.